The standard InChI is InChI=1S/C17H16ClF3N2O4S/c1-11(16(24)22-25)23(10-12-5-2-3-8-15(12)18)28(26,27)14-7-4-6-13(9-14)17(19,20)21/h2-9,11,25H,10H2,1H3,(H,22,24). The molecule has 2 rings (SSSR count). The van der Waals surface area contributed by atoms with Gasteiger partial charge in [0.2, 0.25) is 10.0 Å². The van der Waals surface area contributed by atoms with Gasteiger partial charge in [-0.2, -0.15) is 17.5 Å². The van der Waals surface area contributed by atoms with Crippen molar-refractivity contribution < 1.29 is 31.6 Å². The van der Waals surface area contributed by atoms with Crippen molar-refractivity contribution >= 4 is 27.5 Å². The lowest BCUT2D eigenvalue weighted by Gasteiger charge is -2.27. The molecule has 2 aromatic carbocycles. The van der Waals surface area contributed by atoms with Gasteiger partial charge in [0.15, 0.2) is 0 Å². The summed E-state index contributed by atoms with van der Waals surface area (Å²) < 4.78 is 65.7. The lowest BCUT2D eigenvalue weighted by atomic mass is 10.2. The van der Waals surface area contributed by atoms with E-state index in [4.69, 9.17) is 16.8 Å². The van der Waals surface area contributed by atoms with Gasteiger partial charge >= 0.3 is 6.18 Å². The van der Waals surface area contributed by atoms with Crippen molar-refractivity contribution in [2.75, 3.05) is 0 Å². The van der Waals surface area contributed by atoms with Crippen LogP contribution < -0.4 is 5.48 Å². The third kappa shape index (κ3) is 4.82. The van der Waals surface area contributed by atoms with Crippen LogP contribution in [0, 0.1) is 0 Å². The molecule has 0 aliphatic rings. The SMILES string of the molecule is CC(C(=O)NO)N(Cc1ccccc1Cl)S(=O)(=O)c1cccc(C(F)(F)F)c1. The molecule has 152 valence electrons. The summed E-state index contributed by atoms with van der Waals surface area (Å²) in [5.74, 6) is -1.05. The van der Waals surface area contributed by atoms with Crippen LogP contribution in [0.15, 0.2) is 53.4 Å². The van der Waals surface area contributed by atoms with E-state index in [1.54, 1.807) is 12.1 Å². The zero-order valence-corrected chi connectivity index (χ0v) is 16.0. The summed E-state index contributed by atoms with van der Waals surface area (Å²) in [6, 6.07) is 7.96. The van der Waals surface area contributed by atoms with Gasteiger partial charge in [0.25, 0.3) is 5.91 Å². The second kappa shape index (κ2) is 8.48. The molecule has 1 amide bonds. The molecule has 28 heavy (non-hydrogen) atoms. The average molecular weight is 437 g/mol. The quantitative estimate of drug-likeness (QED) is 0.536. The van der Waals surface area contributed by atoms with Gasteiger partial charge in [-0.05, 0) is 36.8 Å². The average Bonchev–Trinajstić information content (AvgIpc) is 2.65. The van der Waals surface area contributed by atoms with Gasteiger partial charge in [-0.25, -0.2) is 13.9 Å². The third-order valence-electron chi connectivity index (χ3n) is 3.97. The van der Waals surface area contributed by atoms with E-state index in [9.17, 15) is 26.4 Å². The van der Waals surface area contributed by atoms with Gasteiger partial charge in [0.1, 0.15) is 6.04 Å². The maximum Gasteiger partial charge on any atom is 0.416 e. The van der Waals surface area contributed by atoms with Crippen molar-refractivity contribution in [3.8, 4) is 0 Å². The number of rotatable bonds is 6. The Hall–Kier alpha value is -2.14. The summed E-state index contributed by atoms with van der Waals surface area (Å²) in [4.78, 5) is 11.2. The minimum Gasteiger partial charge on any atom is -0.289 e. The summed E-state index contributed by atoms with van der Waals surface area (Å²) in [6.07, 6.45) is -4.74. The van der Waals surface area contributed by atoms with Crippen LogP contribution in [0.5, 0.6) is 0 Å². The Morgan fingerprint density at radius 1 is 1.21 bits per heavy atom. The molecule has 6 nitrogen and oxygen atoms in total. The number of benzene rings is 2. The molecule has 0 aliphatic carbocycles. The number of carbonyl (C=O) groups excluding carboxylic acids is 1. The Balaban J connectivity index is 2.55. The van der Waals surface area contributed by atoms with E-state index in [1.807, 2.05) is 0 Å². The number of nitrogens with one attached hydrogen (secondary N) is 1. The van der Waals surface area contributed by atoms with Gasteiger partial charge in [0, 0.05) is 11.6 Å². The maximum absolute atomic E-state index is 13.0. The number of hydrogen-bond donors (Lipinski definition) is 2. The number of sulfonamides is 1. The van der Waals surface area contributed by atoms with E-state index in [0.717, 1.165) is 18.2 Å². The fraction of sp³-hybridized carbons (Fsp3) is 0.235. The van der Waals surface area contributed by atoms with Crippen LogP contribution in [0.1, 0.15) is 18.1 Å². The Bertz CT molecular complexity index is 967. The topological polar surface area (TPSA) is 86.7 Å². The normalized spacial score (nSPS) is 13.4. The molecule has 0 spiro atoms. The van der Waals surface area contributed by atoms with Crippen molar-refractivity contribution in [3.05, 3.63) is 64.7 Å². The molecule has 0 bridgehead atoms. The Morgan fingerprint density at radius 3 is 2.43 bits per heavy atom. The molecule has 0 heterocycles. The highest BCUT2D eigenvalue weighted by atomic mass is 35.5. The van der Waals surface area contributed by atoms with Gasteiger partial charge in [0.05, 0.1) is 10.5 Å². The summed E-state index contributed by atoms with van der Waals surface area (Å²) in [7, 11) is -4.55. The van der Waals surface area contributed by atoms with Crippen LogP contribution in [-0.4, -0.2) is 29.9 Å². The van der Waals surface area contributed by atoms with Gasteiger partial charge in [-0.15, -0.1) is 0 Å². The molecule has 0 saturated heterocycles. The van der Waals surface area contributed by atoms with Gasteiger partial charge < -0.3 is 0 Å². The largest absolute Gasteiger partial charge is 0.416 e. The van der Waals surface area contributed by atoms with Crippen molar-refractivity contribution in [2.24, 2.45) is 0 Å². The van der Waals surface area contributed by atoms with Crippen molar-refractivity contribution in [1.82, 2.24) is 9.79 Å². The van der Waals surface area contributed by atoms with E-state index >= 15 is 0 Å². The van der Waals surface area contributed by atoms with Crippen molar-refractivity contribution in [1.29, 1.82) is 0 Å². The first-order chi connectivity index (χ1) is 13.0. The first kappa shape index (κ1) is 22.2. The zero-order valence-electron chi connectivity index (χ0n) is 14.4. The van der Waals surface area contributed by atoms with Crippen LogP contribution in [0.25, 0.3) is 0 Å². The summed E-state index contributed by atoms with van der Waals surface area (Å²) in [5, 5.41) is 9.08. The van der Waals surface area contributed by atoms with Crippen molar-refractivity contribution in [2.45, 2.75) is 30.6 Å². The van der Waals surface area contributed by atoms with Crippen LogP contribution >= 0.6 is 11.6 Å². The molecule has 1 unspecified atom stereocenters. The van der Waals surface area contributed by atoms with E-state index in [0.29, 0.717) is 15.9 Å². The van der Waals surface area contributed by atoms with E-state index in [2.05, 4.69) is 0 Å². The predicted octanol–water partition coefficient (Wildman–Crippen LogP) is 3.44. The highest BCUT2D eigenvalue weighted by molar-refractivity contribution is 7.89. The molecule has 0 saturated carbocycles. The molecule has 11 heteroatoms. The molecule has 2 aromatic rings. The van der Waals surface area contributed by atoms with Crippen LogP contribution in [0.4, 0.5) is 13.2 Å². The second-order valence-corrected chi connectivity index (χ2v) is 8.12. The summed E-state index contributed by atoms with van der Waals surface area (Å²) in [5.41, 5.74) is 0.530. The van der Waals surface area contributed by atoms with Crippen molar-refractivity contribution in [3.63, 3.8) is 0 Å². The second-order valence-electron chi connectivity index (χ2n) is 5.82. The molecular formula is C17H16ClF3N2O4S. The third-order valence-corrected chi connectivity index (χ3v) is 6.25. The highest BCUT2D eigenvalue weighted by Gasteiger charge is 2.36. The lowest BCUT2D eigenvalue weighted by Crippen LogP contribution is -2.46. The summed E-state index contributed by atoms with van der Waals surface area (Å²) >= 11 is 6.05. The molecule has 2 N–H and O–H groups in total. The van der Waals surface area contributed by atoms with Crippen LogP contribution in [-0.2, 0) is 27.5 Å². The van der Waals surface area contributed by atoms with E-state index in [1.165, 1.54) is 24.5 Å². The van der Waals surface area contributed by atoms with E-state index < -0.39 is 45.2 Å². The lowest BCUT2D eigenvalue weighted by molar-refractivity contribution is -0.137. The first-order valence-electron chi connectivity index (χ1n) is 7.85. The number of alkyl halides is 3. The molecule has 1 atom stereocenters. The maximum atomic E-state index is 13.0. The number of hydroxylamine groups is 1. The fourth-order valence-electron chi connectivity index (χ4n) is 2.42. The number of hydrogen-bond acceptors (Lipinski definition) is 4. The minimum atomic E-state index is -4.74. The Morgan fingerprint density at radius 2 is 1.86 bits per heavy atom. The fourth-order valence-corrected chi connectivity index (χ4v) is 4.23. The molecular weight excluding hydrogens is 421 g/mol. The van der Waals surface area contributed by atoms with Gasteiger partial charge in [-0.3, -0.25) is 10.0 Å². The molecule has 0 aliphatic heterocycles. The molecule has 0 fully saturated rings. The zero-order chi connectivity index (χ0) is 21.1. The Kier molecular flexibility index (Phi) is 6.71. The highest BCUT2D eigenvalue weighted by Crippen LogP contribution is 2.32. The van der Waals surface area contributed by atoms with Gasteiger partial charge in [-0.1, -0.05) is 35.9 Å². The minimum absolute atomic E-state index is 0.211. The number of carbonyl (C=O) groups is 1. The monoisotopic (exact) mass is 436 g/mol. The summed E-state index contributed by atoms with van der Waals surface area (Å²) in [6.45, 7) is 0.792. The number of halogens is 4. The van der Waals surface area contributed by atoms with Crippen LogP contribution in [0.2, 0.25) is 5.02 Å². The molecule has 0 radical (unpaired) electrons. The van der Waals surface area contributed by atoms with Crippen LogP contribution in [0.3, 0.4) is 0 Å². The number of amides is 1. The number of nitrogens with zero attached hydrogens (tertiary/aromatic N) is 1. The Labute approximate surface area is 164 Å². The molecule has 0 aromatic heterocycles. The first-order valence-corrected chi connectivity index (χ1v) is 9.66. The van der Waals surface area contributed by atoms with E-state index in [-0.39, 0.29) is 5.02 Å². The smallest absolute Gasteiger partial charge is 0.289 e. The predicted molar refractivity (Wildman–Crippen MR) is 95.0 cm³/mol.